The van der Waals surface area contributed by atoms with Crippen molar-refractivity contribution in [2.24, 2.45) is 0 Å². The van der Waals surface area contributed by atoms with Crippen LogP contribution in [-0.2, 0) is 17.9 Å². The summed E-state index contributed by atoms with van der Waals surface area (Å²) in [6, 6.07) is 15.1. The second kappa shape index (κ2) is 6.95. The minimum absolute atomic E-state index is 0.162. The van der Waals surface area contributed by atoms with Gasteiger partial charge in [-0.15, -0.1) is 0 Å². The summed E-state index contributed by atoms with van der Waals surface area (Å²) in [5.74, 6) is -0.921. The van der Waals surface area contributed by atoms with Crippen LogP contribution in [0.25, 0.3) is 11.3 Å². The van der Waals surface area contributed by atoms with E-state index in [1.807, 2.05) is 30.3 Å². The largest absolute Gasteiger partial charge is 0.419 e. The quantitative estimate of drug-likeness (QED) is 0.784. The number of oxazole rings is 1. The molecule has 122 valence electrons. The number of hydrogen-bond donors (Lipinski definition) is 1. The molecule has 5 nitrogen and oxygen atoms in total. The Hall–Kier alpha value is -3.15. The molecule has 1 heterocycles. The maximum atomic E-state index is 13.1. The number of amides is 1. The number of halogens is 1. The highest BCUT2D eigenvalue weighted by Gasteiger charge is 2.11. The number of nitrogens with zero attached hydrogens (tertiary/aromatic N) is 1. The second-order valence-corrected chi connectivity index (χ2v) is 5.26. The van der Waals surface area contributed by atoms with Gasteiger partial charge in [0.1, 0.15) is 12.4 Å². The van der Waals surface area contributed by atoms with Gasteiger partial charge >= 0.3 is 5.76 Å². The Morgan fingerprint density at radius 3 is 2.67 bits per heavy atom. The molecule has 6 heteroatoms. The van der Waals surface area contributed by atoms with Gasteiger partial charge in [-0.3, -0.25) is 9.36 Å². The minimum Gasteiger partial charge on any atom is -0.408 e. The summed E-state index contributed by atoms with van der Waals surface area (Å²) in [4.78, 5) is 23.8. The van der Waals surface area contributed by atoms with Gasteiger partial charge in [0, 0.05) is 12.1 Å². The van der Waals surface area contributed by atoms with Crippen molar-refractivity contribution in [1.29, 1.82) is 0 Å². The van der Waals surface area contributed by atoms with Gasteiger partial charge in [0.05, 0.1) is 6.20 Å². The molecule has 3 aromatic rings. The number of hydrogen-bond acceptors (Lipinski definition) is 3. The summed E-state index contributed by atoms with van der Waals surface area (Å²) >= 11 is 0. The molecule has 0 aliphatic heterocycles. The molecular formula is C18H15FN2O3. The molecule has 1 N–H and O–H groups in total. The van der Waals surface area contributed by atoms with Crippen molar-refractivity contribution in [2.75, 3.05) is 0 Å². The highest BCUT2D eigenvalue weighted by atomic mass is 19.1. The van der Waals surface area contributed by atoms with Crippen LogP contribution < -0.4 is 11.1 Å². The Bertz CT molecular complexity index is 900. The third-order valence-corrected chi connectivity index (χ3v) is 3.46. The second-order valence-electron chi connectivity index (χ2n) is 5.26. The number of nitrogens with one attached hydrogen (secondary N) is 1. The molecule has 1 aromatic heterocycles. The smallest absolute Gasteiger partial charge is 0.408 e. The molecule has 0 unspecified atom stereocenters. The third-order valence-electron chi connectivity index (χ3n) is 3.46. The zero-order valence-electron chi connectivity index (χ0n) is 12.7. The number of aromatic nitrogens is 1. The van der Waals surface area contributed by atoms with Gasteiger partial charge in [0.25, 0.3) is 0 Å². The topological polar surface area (TPSA) is 64.2 Å². The van der Waals surface area contributed by atoms with E-state index >= 15 is 0 Å². The summed E-state index contributed by atoms with van der Waals surface area (Å²) in [6.45, 7) is 0.0270. The first-order valence-electron chi connectivity index (χ1n) is 7.38. The number of benzene rings is 2. The molecule has 2 aromatic carbocycles. The fourth-order valence-electron chi connectivity index (χ4n) is 2.28. The van der Waals surface area contributed by atoms with Crippen molar-refractivity contribution in [3.05, 3.63) is 82.7 Å². The van der Waals surface area contributed by atoms with Gasteiger partial charge in [-0.25, -0.2) is 9.18 Å². The zero-order valence-corrected chi connectivity index (χ0v) is 12.7. The molecule has 0 atom stereocenters. The fraction of sp³-hybridized carbons (Fsp3) is 0.111. The summed E-state index contributed by atoms with van der Waals surface area (Å²) in [7, 11) is 0. The first-order chi connectivity index (χ1) is 11.6. The van der Waals surface area contributed by atoms with Crippen molar-refractivity contribution >= 4 is 5.91 Å². The maximum absolute atomic E-state index is 13.1. The van der Waals surface area contributed by atoms with Crippen molar-refractivity contribution in [3.63, 3.8) is 0 Å². The molecule has 0 spiro atoms. The molecule has 0 aliphatic carbocycles. The first-order valence-corrected chi connectivity index (χ1v) is 7.38. The highest BCUT2D eigenvalue weighted by molar-refractivity contribution is 5.75. The number of rotatable bonds is 5. The van der Waals surface area contributed by atoms with Gasteiger partial charge in [-0.2, -0.15) is 0 Å². The molecule has 0 fully saturated rings. The van der Waals surface area contributed by atoms with E-state index in [1.165, 1.54) is 22.9 Å². The van der Waals surface area contributed by atoms with E-state index in [9.17, 15) is 14.0 Å². The van der Waals surface area contributed by atoms with E-state index in [1.54, 1.807) is 12.1 Å². The molecule has 1 amide bonds. The van der Waals surface area contributed by atoms with E-state index in [2.05, 4.69) is 5.32 Å². The molecule has 24 heavy (non-hydrogen) atoms. The summed E-state index contributed by atoms with van der Waals surface area (Å²) in [5.41, 5.74) is 1.40. The van der Waals surface area contributed by atoms with Crippen LogP contribution in [0.1, 0.15) is 5.56 Å². The van der Waals surface area contributed by atoms with E-state index in [4.69, 9.17) is 4.42 Å². The van der Waals surface area contributed by atoms with Gasteiger partial charge < -0.3 is 9.73 Å². The molecule has 0 saturated carbocycles. The maximum Gasteiger partial charge on any atom is 0.419 e. The average Bonchev–Trinajstić information content (AvgIpc) is 2.95. The lowest BCUT2D eigenvalue weighted by molar-refractivity contribution is -0.121. The predicted molar refractivity (Wildman–Crippen MR) is 86.7 cm³/mol. The van der Waals surface area contributed by atoms with Crippen molar-refractivity contribution in [1.82, 2.24) is 9.88 Å². The summed E-state index contributed by atoms with van der Waals surface area (Å²) in [5, 5.41) is 2.64. The van der Waals surface area contributed by atoms with Gasteiger partial charge in [0.15, 0.2) is 5.76 Å². The van der Waals surface area contributed by atoms with Gasteiger partial charge in [0.2, 0.25) is 5.91 Å². The Kier molecular flexibility index (Phi) is 4.56. The van der Waals surface area contributed by atoms with Crippen LogP contribution in [0.4, 0.5) is 4.39 Å². The number of carbonyl (C=O) groups excluding carboxylic acids is 1. The zero-order chi connectivity index (χ0) is 16.9. The van der Waals surface area contributed by atoms with E-state index < -0.39 is 5.76 Å². The van der Waals surface area contributed by atoms with Crippen LogP contribution in [0.3, 0.4) is 0 Å². The van der Waals surface area contributed by atoms with Gasteiger partial charge in [-0.05, 0) is 17.7 Å². The van der Waals surface area contributed by atoms with Crippen LogP contribution in [0.5, 0.6) is 0 Å². The standard InChI is InChI=1S/C18H15FN2O3/c19-15-8-4-5-13(9-15)10-20-17(22)12-21-11-16(24-18(21)23)14-6-2-1-3-7-14/h1-9,11H,10,12H2,(H,20,22). The third kappa shape index (κ3) is 3.78. The summed E-state index contributed by atoms with van der Waals surface area (Å²) < 4.78 is 19.4. The van der Waals surface area contributed by atoms with Crippen LogP contribution >= 0.6 is 0 Å². The minimum atomic E-state index is -0.602. The van der Waals surface area contributed by atoms with Crippen LogP contribution in [0.15, 0.2) is 70.0 Å². The normalized spacial score (nSPS) is 10.5. The first kappa shape index (κ1) is 15.7. The monoisotopic (exact) mass is 326 g/mol. The van der Waals surface area contributed by atoms with E-state index in [0.717, 1.165) is 5.56 Å². The van der Waals surface area contributed by atoms with Crippen molar-refractivity contribution in [3.8, 4) is 11.3 Å². The van der Waals surface area contributed by atoms with Gasteiger partial charge in [-0.1, -0.05) is 42.5 Å². The van der Waals surface area contributed by atoms with E-state index in [-0.39, 0.29) is 24.8 Å². The SMILES string of the molecule is O=C(Cn1cc(-c2ccccc2)oc1=O)NCc1cccc(F)c1. The molecule has 0 aliphatic rings. The molecule has 0 radical (unpaired) electrons. The number of carbonyl (C=O) groups is 1. The molecular weight excluding hydrogens is 311 g/mol. The van der Waals surface area contributed by atoms with Crippen molar-refractivity contribution in [2.45, 2.75) is 13.1 Å². The molecule has 3 rings (SSSR count). The lowest BCUT2D eigenvalue weighted by atomic mass is 10.2. The van der Waals surface area contributed by atoms with Crippen LogP contribution in [0, 0.1) is 5.82 Å². The Labute approximate surface area is 137 Å². The molecule has 0 saturated heterocycles. The van der Waals surface area contributed by atoms with Crippen molar-refractivity contribution < 1.29 is 13.6 Å². The highest BCUT2D eigenvalue weighted by Crippen LogP contribution is 2.16. The summed E-state index contributed by atoms with van der Waals surface area (Å²) in [6.07, 6.45) is 1.50. The lowest BCUT2D eigenvalue weighted by Gasteiger charge is -2.05. The Balaban J connectivity index is 1.64. The fourth-order valence-corrected chi connectivity index (χ4v) is 2.28. The van der Waals surface area contributed by atoms with E-state index in [0.29, 0.717) is 11.3 Å². The Morgan fingerprint density at radius 1 is 1.12 bits per heavy atom. The van der Waals surface area contributed by atoms with Crippen LogP contribution in [0.2, 0.25) is 0 Å². The lowest BCUT2D eigenvalue weighted by Crippen LogP contribution is -2.30. The molecule has 0 bridgehead atoms. The predicted octanol–water partition coefficient (Wildman–Crippen LogP) is 2.56. The van der Waals surface area contributed by atoms with Crippen LogP contribution in [-0.4, -0.2) is 10.5 Å². The average molecular weight is 326 g/mol. The Morgan fingerprint density at radius 2 is 1.92 bits per heavy atom.